The van der Waals surface area contributed by atoms with E-state index in [9.17, 15) is 19.2 Å². The average Bonchev–Trinajstić information content (AvgIpc) is 3.82. The van der Waals surface area contributed by atoms with E-state index in [1.807, 2.05) is 56.6 Å². The number of imide groups is 1. The van der Waals surface area contributed by atoms with Crippen molar-refractivity contribution in [3.63, 3.8) is 0 Å². The predicted octanol–water partition coefficient (Wildman–Crippen LogP) is 8.01. The Morgan fingerprint density at radius 2 is 1.75 bits per heavy atom. The van der Waals surface area contributed by atoms with E-state index >= 15 is 0 Å². The molecule has 1 fully saturated rings. The van der Waals surface area contributed by atoms with Gasteiger partial charge in [0.05, 0.1) is 24.2 Å². The first-order valence-electron chi connectivity index (χ1n) is 22.3. The molecule has 0 bridgehead atoms. The number of hydrogen-bond acceptors (Lipinski definition) is 10. The normalized spacial score (nSPS) is 14.9. The Morgan fingerprint density at radius 1 is 0.969 bits per heavy atom. The van der Waals surface area contributed by atoms with Crippen molar-refractivity contribution in [3.8, 4) is 17.0 Å². The highest BCUT2D eigenvalue weighted by atomic mass is 32.2. The molecule has 4 amide bonds. The van der Waals surface area contributed by atoms with Gasteiger partial charge in [0.2, 0.25) is 17.7 Å². The Morgan fingerprint density at radius 3 is 2.53 bits per heavy atom. The van der Waals surface area contributed by atoms with E-state index in [0.29, 0.717) is 42.2 Å². The lowest BCUT2D eigenvalue weighted by Gasteiger charge is -2.29. The molecule has 0 saturated carbocycles. The summed E-state index contributed by atoms with van der Waals surface area (Å²) in [5.74, 6) is 1.27. The second kappa shape index (κ2) is 21.6. The number of carbonyl (C=O) groups excluding carboxylic acids is 4. The fourth-order valence-corrected chi connectivity index (χ4v) is 9.78. The number of methoxy groups -OCH3 is 1. The van der Waals surface area contributed by atoms with Crippen LogP contribution in [0.3, 0.4) is 0 Å². The van der Waals surface area contributed by atoms with Gasteiger partial charge in [-0.25, -0.2) is 9.97 Å². The van der Waals surface area contributed by atoms with Crippen LogP contribution >= 0.6 is 11.8 Å². The van der Waals surface area contributed by atoms with Crippen LogP contribution in [0.2, 0.25) is 0 Å². The maximum absolute atomic E-state index is 13.2. The van der Waals surface area contributed by atoms with Gasteiger partial charge in [-0.15, -0.1) is 11.8 Å². The van der Waals surface area contributed by atoms with Gasteiger partial charge >= 0.3 is 0 Å². The van der Waals surface area contributed by atoms with Crippen LogP contribution in [0.4, 0.5) is 11.4 Å². The summed E-state index contributed by atoms with van der Waals surface area (Å²) in [5, 5.41) is 6.54. The quantitative estimate of drug-likeness (QED) is 0.0304. The van der Waals surface area contributed by atoms with Gasteiger partial charge in [-0.05, 0) is 80.6 Å². The van der Waals surface area contributed by atoms with Crippen LogP contribution < -0.4 is 20.3 Å². The molecule has 2 N–H and O–H groups in total. The Balaban J connectivity index is 0.833. The molecule has 64 heavy (non-hydrogen) atoms. The molecule has 2 aromatic heterocycles. The zero-order valence-electron chi connectivity index (χ0n) is 37.5. The number of rotatable bonds is 22. The van der Waals surface area contributed by atoms with Gasteiger partial charge in [-0.3, -0.25) is 24.5 Å². The van der Waals surface area contributed by atoms with Gasteiger partial charge in [0, 0.05) is 97.5 Å². The minimum absolute atomic E-state index is 0.124. The first-order valence-corrected chi connectivity index (χ1v) is 23.3. The topological polar surface area (TPSA) is 142 Å². The average molecular weight is 885 g/mol. The Kier molecular flexibility index (Phi) is 15.5. The highest BCUT2D eigenvalue weighted by Gasteiger charge is 2.39. The molecule has 2 aliphatic heterocycles. The number of ether oxygens (including phenoxy) is 1. The number of anilines is 2. The lowest BCUT2D eigenvalue weighted by atomic mass is 10.0. The molecule has 3 aromatic carbocycles. The molecule has 0 spiro atoms. The SMILES string of the molecule is C=CC(=O)Nc1cc(Cc2nccc(-c3cn(C)c4ccccc34)n2)c(OC)cc1N(C)CCN(C)CCCCCCCCCSc1cccc2c1CN(C1CCC(=O)NC1=O)C2=O. The molecule has 13 nitrogen and oxygen atoms in total. The number of amides is 4. The fraction of sp³-hybridized carbons (Fsp3) is 0.400. The molecule has 7 rings (SSSR count). The summed E-state index contributed by atoms with van der Waals surface area (Å²) >= 11 is 1.79. The number of nitrogens with zero attached hydrogens (tertiary/aromatic N) is 6. The van der Waals surface area contributed by atoms with Gasteiger partial charge in [0.15, 0.2) is 0 Å². The molecule has 0 radical (unpaired) electrons. The van der Waals surface area contributed by atoms with E-state index < -0.39 is 6.04 Å². The monoisotopic (exact) mass is 884 g/mol. The van der Waals surface area contributed by atoms with Gasteiger partial charge in [-0.1, -0.05) is 62.9 Å². The highest BCUT2D eigenvalue weighted by molar-refractivity contribution is 7.99. The Bertz CT molecular complexity index is 2500. The Hall–Kier alpha value is -5.99. The van der Waals surface area contributed by atoms with Crippen molar-refractivity contribution < 1.29 is 23.9 Å². The zero-order chi connectivity index (χ0) is 45.2. The second-order valence-corrected chi connectivity index (χ2v) is 17.9. The van der Waals surface area contributed by atoms with Crippen LogP contribution in [-0.2, 0) is 34.4 Å². The molecule has 2 aliphatic rings. The minimum Gasteiger partial charge on any atom is -0.496 e. The van der Waals surface area contributed by atoms with Crippen molar-refractivity contribution in [2.24, 2.45) is 7.05 Å². The second-order valence-electron chi connectivity index (χ2n) is 16.8. The Labute approximate surface area is 380 Å². The highest BCUT2D eigenvalue weighted by Crippen LogP contribution is 2.37. The van der Waals surface area contributed by atoms with E-state index in [-0.39, 0.29) is 30.0 Å². The fourth-order valence-electron chi connectivity index (χ4n) is 8.69. The molecule has 5 aromatic rings. The summed E-state index contributed by atoms with van der Waals surface area (Å²) in [4.78, 5) is 66.7. The number of fused-ring (bicyclic) bond motifs is 2. The van der Waals surface area contributed by atoms with Crippen molar-refractivity contribution in [1.29, 1.82) is 0 Å². The maximum Gasteiger partial charge on any atom is 0.255 e. The third kappa shape index (κ3) is 11.0. The molecule has 336 valence electrons. The van der Waals surface area contributed by atoms with E-state index in [1.165, 1.54) is 38.2 Å². The number of thioether (sulfide) groups is 1. The summed E-state index contributed by atoms with van der Waals surface area (Å²) in [5.41, 5.74) is 7.09. The number of benzene rings is 3. The van der Waals surface area contributed by atoms with E-state index in [1.54, 1.807) is 30.0 Å². The summed E-state index contributed by atoms with van der Waals surface area (Å²) in [6, 6.07) is 19.4. The van der Waals surface area contributed by atoms with Crippen molar-refractivity contribution >= 4 is 57.7 Å². The predicted molar refractivity (Wildman–Crippen MR) is 255 cm³/mol. The van der Waals surface area contributed by atoms with Gasteiger partial charge in [0.25, 0.3) is 5.91 Å². The first-order chi connectivity index (χ1) is 31.0. The van der Waals surface area contributed by atoms with Crippen molar-refractivity contribution in [2.45, 2.75) is 81.7 Å². The standard InChI is InChI=1S/C50H60N8O5S/c1-6-47(59)53-40-29-34(30-46-51-24-23-39(52-46)37-32-57(4)41-19-13-12-17-35(37)41)44(63-5)31-43(40)56(3)27-26-55(2)25-14-10-8-7-9-11-15-28-64-45-20-16-18-36-38(45)33-58(50(36)62)42-21-22-48(60)54-49(42)61/h6,12-13,16-20,23-24,29,31-32,42H,1,7-11,14-15,21-22,25-28,30,33H2,2-5H3,(H,53,59)(H,54,60,61). The number of hydrogen-bond donors (Lipinski definition) is 2. The molecular weight excluding hydrogens is 825 g/mol. The van der Waals surface area contributed by atoms with Crippen molar-refractivity contribution in [3.05, 3.63) is 108 Å². The number of aromatic nitrogens is 3. The summed E-state index contributed by atoms with van der Waals surface area (Å²) < 4.78 is 8.02. The van der Waals surface area contributed by atoms with Gasteiger partial charge in [-0.2, -0.15) is 0 Å². The number of carbonyl (C=O) groups is 4. The minimum atomic E-state index is -0.592. The molecule has 1 unspecified atom stereocenters. The van der Waals surface area contributed by atoms with Crippen LogP contribution in [0.25, 0.3) is 22.2 Å². The number of unbranched alkanes of at least 4 members (excludes halogenated alkanes) is 6. The number of nitrogens with one attached hydrogen (secondary N) is 2. The van der Waals surface area contributed by atoms with Crippen LogP contribution in [0, 0.1) is 0 Å². The molecule has 14 heteroatoms. The number of piperidine rings is 1. The van der Waals surface area contributed by atoms with Crippen LogP contribution in [0.5, 0.6) is 5.75 Å². The van der Waals surface area contributed by atoms with Crippen LogP contribution in [0.15, 0.2) is 90.6 Å². The maximum atomic E-state index is 13.2. The van der Waals surface area contributed by atoms with E-state index in [4.69, 9.17) is 9.72 Å². The van der Waals surface area contributed by atoms with Gasteiger partial charge in [0.1, 0.15) is 17.6 Å². The molecular formula is C50H60N8O5S. The van der Waals surface area contributed by atoms with Crippen LogP contribution in [-0.4, -0.2) is 101 Å². The molecule has 4 heterocycles. The van der Waals surface area contributed by atoms with Crippen molar-refractivity contribution in [1.82, 2.24) is 29.7 Å². The first kappa shape index (κ1) is 46.0. The zero-order valence-corrected chi connectivity index (χ0v) is 38.3. The van der Waals surface area contributed by atoms with Gasteiger partial charge < -0.3 is 29.3 Å². The molecule has 1 atom stereocenters. The third-order valence-electron chi connectivity index (χ3n) is 12.3. The number of para-hydroxylation sites is 1. The lowest BCUT2D eigenvalue weighted by Crippen LogP contribution is -2.52. The third-order valence-corrected chi connectivity index (χ3v) is 13.5. The summed E-state index contributed by atoms with van der Waals surface area (Å²) in [6.07, 6.45) is 14.4. The van der Waals surface area contributed by atoms with E-state index in [2.05, 4.69) is 68.0 Å². The summed E-state index contributed by atoms with van der Waals surface area (Å²) in [6.45, 7) is 6.71. The molecule has 0 aliphatic carbocycles. The molecule has 1 saturated heterocycles. The number of aryl methyl sites for hydroxylation is 1. The largest absolute Gasteiger partial charge is 0.496 e. The smallest absolute Gasteiger partial charge is 0.255 e. The lowest BCUT2D eigenvalue weighted by molar-refractivity contribution is -0.137. The number of likely N-dealkylation sites (N-methyl/N-ethyl adjacent to an activating group) is 2. The summed E-state index contributed by atoms with van der Waals surface area (Å²) in [7, 11) is 7.89. The van der Waals surface area contributed by atoms with E-state index in [0.717, 1.165) is 82.1 Å². The van der Waals surface area contributed by atoms with Crippen LogP contribution in [0.1, 0.15) is 85.1 Å². The van der Waals surface area contributed by atoms with Crippen molar-refractivity contribution in [2.75, 3.05) is 56.8 Å².